The summed E-state index contributed by atoms with van der Waals surface area (Å²) in [6, 6.07) is 12.7. The number of carboxylic acid groups (broad SMARTS) is 2. The molecule has 4 aromatic rings. The van der Waals surface area contributed by atoms with Crippen LogP contribution in [0.4, 0.5) is 11.5 Å². The number of hydrogen-bond donors (Lipinski definition) is 4. The molecule has 1 saturated heterocycles. The third kappa shape index (κ3) is 9.98. The number of piperazine rings is 1. The molecule has 1 aliphatic carbocycles. The number of aromatic nitrogens is 4. The molecular weight excluding hydrogens is 656 g/mol. The predicted molar refractivity (Wildman–Crippen MR) is 196 cm³/mol. The van der Waals surface area contributed by atoms with Gasteiger partial charge in [0.05, 0.1) is 44.0 Å². The highest BCUT2D eigenvalue weighted by molar-refractivity contribution is 5.98. The highest BCUT2D eigenvalue weighted by atomic mass is 16.5. The van der Waals surface area contributed by atoms with Gasteiger partial charge < -0.3 is 40.4 Å². The number of nitrogen functional groups attached to an aromatic ring is 1. The highest BCUT2D eigenvalue weighted by Gasteiger charge is 2.31. The minimum Gasteiger partial charge on any atom is -0.496 e. The first-order chi connectivity index (χ1) is 24.5. The number of aliphatic carboxylic acids is 2. The van der Waals surface area contributed by atoms with Gasteiger partial charge in [-0.05, 0) is 57.0 Å². The Kier molecular flexibility index (Phi) is 13.8. The Bertz CT molecular complexity index is 1720. The number of hydrogen-bond acceptors (Lipinski definition) is 12. The lowest BCUT2D eigenvalue weighted by Crippen LogP contribution is -2.49. The average Bonchev–Trinajstić information content (AvgIpc) is 3.51. The summed E-state index contributed by atoms with van der Waals surface area (Å²) >= 11 is 0. The summed E-state index contributed by atoms with van der Waals surface area (Å²) in [7, 11) is 7.19. The summed E-state index contributed by atoms with van der Waals surface area (Å²) < 4.78 is 19.0. The maximum Gasteiger partial charge on any atom is 0.300 e. The monoisotopic (exact) mass is 706 g/mol. The lowest BCUT2D eigenvalue weighted by molar-refractivity contribution is -0.135. The zero-order valence-corrected chi connectivity index (χ0v) is 30.3. The molecule has 0 amide bonds. The highest BCUT2D eigenvalue weighted by Crippen LogP contribution is 2.39. The summed E-state index contributed by atoms with van der Waals surface area (Å²) in [5, 5.41) is 24.2. The van der Waals surface area contributed by atoms with E-state index in [-0.39, 0.29) is 6.04 Å². The molecule has 2 aliphatic rings. The molecule has 3 heterocycles. The van der Waals surface area contributed by atoms with E-state index >= 15 is 0 Å². The molecule has 276 valence electrons. The minimum absolute atomic E-state index is 0.271. The second-order valence-electron chi connectivity index (χ2n) is 12.5. The number of nitrogens with two attached hydrogens (primary N) is 1. The van der Waals surface area contributed by atoms with Gasteiger partial charge in [-0.1, -0.05) is 12.1 Å². The minimum atomic E-state index is -0.833. The Morgan fingerprint density at radius 1 is 0.863 bits per heavy atom. The van der Waals surface area contributed by atoms with Crippen molar-refractivity contribution in [1.29, 1.82) is 0 Å². The molecule has 6 rings (SSSR count). The fraction of sp³-hybridized carbons (Fsp3) is 0.472. The lowest BCUT2D eigenvalue weighted by atomic mass is 9.90. The summed E-state index contributed by atoms with van der Waals surface area (Å²) in [4.78, 5) is 32.1. The van der Waals surface area contributed by atoms with Crippen LogP contribution < -0.4 is 25.3 Å². The first-order valence-corrected chi connectivity index (χ1v) is 16.9. The van der Waals surface area contributed by atoms with Gasteiger partial charge in [-0.25, -0.2) is 14.6 Å². The van der Waals surface area contributed by atoms with Gasteiger partial charge in [0.2, 0.25) is 0 Å². The van der Waals surface area contributed by atoms with Crippen LogP contribution in [0.3, 0.4) is 0 Å². The van der Waals surface area contributed by atoms with Crippen LogP contribution in [0.25, 0.3) is 22.3 Å². The second kappa shape index (κ2) is 18.2. The third-order valence-corrected chi connectivity index (χ3v) is 9.04. The van der Waals surface area contributed by atoms with Crippen molar-refractivity contribution in [3.05, 3.63) is 48.3 Å². The number of carbonyl (C=O) groups is 2. The van der Waals surface area contributed by atoms with E-state index in [4.69, 9.17) is 44.8 Å². The Morgan fingerprint density at radius 2 is 1.43 bits per heavy atom. The van der Waals surface area contributed by atoms with Gasteiger partial charge in [-0.15, -0.1) is 0 Å². The maximum absolute atomic E-state index is 9.00. The van der Waals surface area contributed by atoms with Crippen LogP contribution in [-0.4, -0.2) is 112 Å². The van der Waals surface area contributed by atoms with E-state index in [9.17, 15) is 0 Å². The van der Waals surface area contributed by atoms with Crippen LogP contribution in [0, 0.1) is 0 Å². The van der Waals surface area contributed by atoms with E-state index in [1.165, 1.54) is 6.33 Å². The van der Waals surface area contributed by atoms with Gasteiger partial charge in [0.15, 0.2) is 5.65 Å². The topological polar surface area (TPSA) is 190 Å². The number of carboxylic acids is 2. The van der Waals surface area contributed by atoms with Gasteiger partial charge in [0, 0.05) is 58.2 Å². The van der Waals surface area contributed by atoms with Crippen molar-refractivity contribution < 1.29 is 34.0 Å². The normalized spacial score (nSPS) is 17.7. The number of likely N-dealkylation sites (N-methyl/N-ethyl adjacent to an activating group) is 1. The summed E-state index contributed by atoms with van der Waals surface area (Å²) in [5.74, 6) is 0.971. The number of anilines is 2. The number of benzene rings is 2. The third-order valence-electron chi connectivity index (χ3n) is 9.04. The van der Waals surface area contributed by atoms with E-state index in [1.807, 2.05) is 36.4 Å². The van der Waals surface area contributed by atoms with E-state index in [2.05, 4.69) is 36.8 Å². The molecule has 2 aromatic heterocycles. The molecule has 2 fully saturated rings. The van der Waals surface area contributed by atoms with Crippen LogP contribution >= 0.6 is 0 Å². The molecule has 2 aromatic carbocycles. The summed E-state index contributed by atoms with van der Waals surface area (Å²) in [6.45, 7) is 7.27. The van der Waals surface area contributed by atoms with Crippen molar-refractivity contribution >= 4 is 34.5 Å². The average molecular weight is 707 g/mol. The zero-order chi connectivity index (χ0) is 37.1. The molecule has 0 radical (unpaired) electrons. The fourth-order valence-electron chi connectivity index (χ4n) is 6.58. The summed E-state index contributed by atoms with van der Waals surface area (Å²) in [6.07, 6.45) is 5.99. The van der Waals surface area contributed by atoms with Crippen LogP contribution in [0.1, 0.15) is 51.1 Å². The smallest absolute Gasteiger partial charge is 0.300 e. The molecule has 15 heteroatoms. The van der Waals surface area contributed by atoms with Gasteiger partial charge in [-0.3, -0.25) is 14.5 Å². The van der Waals surface area contributed by atoms with Gasteiger partial charge in [0.1, 0.15) is 35.1 Å². The molecule has 0 unspecified atom stereocenters. The molecule has 1 saturated carbocycles. The van der Waals surface area contributed by atoms with Crippen molar-refractivity contribution in [2.24, 2.45) is 0 Å². The van der Waals surface area contributed by atoms with E-state index < -0.39 is 11.9 Å². The predicted octanol–water partition coefficient (Wildman–Crippen LogP) is 4.63. The second-order valence-corrected chi connectivity index (χ2v) is 12.5. The Balaban J connectivity index is 0.000000662. The molecule has 5 N–H and O–H groups in total. The molecule has 51 heavy (non-hydrogen) atoms. The lowest BCUT2D eigenvalue weighted by Gasteiger charge is -2.41. The Labute approximate surface area is 298 Å². The Morgan fingerprint density at radius 3 is 2.00 bits per heavy atom. The van der Waals surface area contributed by atoms with Crippen molar-refractivity contribution in [1.82, 2.24) is 29.5 Å². The number of ether oxygens (including phenoxy) is 3. The summed E-state index contributed by atoms with van der Waals surface area (Å²) in [5.41, 5.74) is 10.7. The number of rotatable bonds is 9. The zero-order valence-electron chi connectivity index (χ0n) is 30.3. The number of methoxy groups -OCH3 is 3. The van der Waals surface area contributed by atoms with Crippen molar-refractivity contribution in [3.8, 4) is 28.5 Å². The van der Waals surface area contributed by atoms with Gasteiger partial charge in [0.25, 0.3) is 11.9 Å². The first-order valence-electron chi connectivity index (χ1n) is 16.9. The van der Waals surface area contributed by atoms with Crippen molar-refractivity contribution in [2.45, 2.75) is 58.2 Å². The largest absolute Gasteiger partial charge is 0.496 e. The SMILES string of the molecule is CC(=O)O.CC(=O)O.COc1cc(-c2nn(C3CCC(N4CCN(C)CC4)CC3)c3ncnc(N)c23)ccc1NCc1c(OC)cccc1OC. The molecule has 0 atom stereocenters. The molecule has 15 nitrogen and oxygen atoms in total. The van der Waals surface area contributed by atoms with E-state index in [0.717, 1.165) is 111 Å². The molecule has 1 aliphatic heterocycles. The van der Waals surface area contributed by atoms with Crippen molar-refractivity contribution in [2.75, 3.05) is 65.6 Å². The van der Waals surface area contributed by atoms with Gasteiger partial charge >= 0.3 is 0 Å². The van der Waals surface area contributed by atoms with Gasteiger partial charge in [-0.2, -0.15) is 5.10 Å². The molecular formula is C36H50N8O7. The standard InChI is InChI=1S/C32H42N8O3.2C2H4O2/c1-38-14-16-39(17-15-38)22-9-11-23(12-10-22)40-32-29(31(33)35-20-36-32)30(37-40)21-8-13-25(28(18-21)43-4)34-19-24-26(41-2)6-5-7-27(24)42-3;2*1-2(3)4/h5-8,13,18,20,22-23,34H,9-12,14-17,19H2,1-4H3,(H2,33,35,36);2*1H3,(H,3,4). The molecule has 0 bridgehead atoms. The van der Waals surface area contributed by atoms with Crippen LogP contribution in [0.5, 0.6) is 17.2 Å². The van der Waals surface area contributed by atoms with Crippen LogP contribution in [-0.2, 0) is 16.1 Å². The quantitative estimate of drug-likeness (QED) is 0.188. The number of nitrogens with one attached hydrogen (secondary N) is 1. The van der Waals surface area contributed by atoms with E-state index in [1.54, 1.807) is 21.3 Å². The van der Waals surface area contributed by atoms with Crippen LogP contribution in [0.15, 0.2) is 42.7 Å². The first kappa shape index (κ1) is 38.6. The Hall–Kier alpha value is -5.15. The number of fused-ring (bicyclic) bond motifs is 1. The number of nitrogens with zero attached hydrogens (tertiary/aromatic N) is 6. The van der Waals surface area contributed by atoms with Crippen molar-refractivity contribution in [3.63, 3.8) is 0 Å². The maximum atomic E-state index is 9.00. The van der Waals surface area contributed by atoms with E-state index in [0.29, 0.717) is 24.2 Å². The molecule has 0 spiro atoms. The van der Waals surface area contributed by atoms with Crippen LogP contribution in [0.2, 0.25) is 0 Å². The fourth-order valence-corrected chi connectivity index (χ4v) is 6.58.